The summed E-state index contributed by atoms with van der Waals surface area (Å²) in [6.07, 6.45) is 2.50. The number of hydrogen-bond donors (Lipinski definition) is 1. The Morgan fingerprint density at radius 3 is 2.44 bits per heavy atom. The van der Waals surface area contributed by atoms with Gasteiger partial charge in [0, 0.05) is 0 Å². The fourth-order valence-corrected chi connectivity index (χ4v) is 2.13. The van der Waals surface area contributed by atoms with Crippen LogP contribution in [0.25, 0.3) is 0 Å². The molecule has 0 aliphatic carbocycles. The molecule has 90 valence electrons. The van der Waals surface area contributed by atoms with Gasteiger partial charge in [-0.3, -0.25) is 4.90 Å². The molecule has 0 bridgehead atoms. The van der Waals surface area contributed by atoms with Crippen LogP contribution < -0.4 is 0 Å². The van der Waals surface area contributed by atoms with E-state index < -0.39 is 0 Å². The fourth-order valence-electron chi connectivity index (χ4n) is 2.13. The average molecular weight is 223 g/mol. The number of likely N-dealkylation sites (tertiary alicyclic amines) is 1. The fraction of sp³-hybridized carbons (Fsp3) is 0.692. The number of rotatable bonds is 3. The number of piperidine rings is 1. The van der Waals surface area contributed by atoms with Crippen molar-refractivity contribution in [2.45, 2.75) is 39.8 Å². The quantitative estimate of drug-likeness (QED) is 0.854. The molecule has 1 aliphatic rings. The van der Waals surface area contributed by atoms with Crippen molar-refractivity contribution in [1.29, 1.82) is 0 Å². The van der Waals surface area contributed by atoms with Crippen molar-refractivity contribution in [2.24, 2.45) is 5.41 Å². The van der Waals surface area contributed by atoms with Crippen LogP contribution in [0.1, 0.15) is 38.2 Å². The van der Waals surface area contributed by atoms with Crippen molar-refractivity contribution in [3.8, 4) is 0 Å². The first-order valence-electron chi connectivity index (χ1n) is 6.00. The van der Waals surface area contributed by atoms with Gasteiger partial charge in [-0.15, -0.1) is 0 Å². The van der Waals surface area contributed by atoms with Crippen LogP contribution in [0, 0.1) is 5.41 Å². The Balaban J connectivity index is 1.87. The monoisotopic (exact) mass is 223 g/mol. The lowest BCUT2D eigenvalue weighted by Crippen LogP contribution is -2.36. The van der Waals surface area contributed by atoms with Crippen LogP contribution >= 0.6 is 0 Å². The molecule has 1 fully saturated rings. The predicted molar refractivity (Wildman–Crippen MR) is 62.9 cm³/mol. The van der Waals surface area contributed by atoms with Crippen LogP contribution in [-0.2, 0) is 13.2 Å². The zero-order valence-corrected chi connectivity index (χ0v) is 10.2. The van der Waals surface area contributed by atoms with E-state index in [2.05, 4.69) is 18.7 Å². The summed E-state index contributed by atoms with van der Waals surface area (Å²) in [7, 11) is 0. The number of furan rings is 1. The van der Waals surface area contributed by atoms with E-state index in [4.69, 9.17) is 9.52 Å². The molecule has 0 unspecified atom stereocenters. The van der Waals surface area contributed by atoms with E-state index in [1.807, 2.05) is 12.1 Å². The van der Waals surface area contributed by atoms with Gasteiger partial charge in [0.25, 0.3) is 0 Å². The normalized spacial score (nSPS) is 21.2. The van der Waals surface area contributed by atoms with E-state index >= 15 is 0 Å². The Hall–Kier alpha value is -0.800. The van der Waals surface area contributed by atoms with E-state index in [9.17, 15) is 0 Å². The molecule has 0 amide bonds. The molecule has 16 heavy (non-hydrogen) atoms. The Bertz CT molecular complexity index is 333. The van der Waals surface area contributed by atoms with Crippen LogP contribution in [0.2, 0.25) is 0 Å². The van der Waals surface area contributed by atoms with Crippen LogP contribution in [0.15, 0.2) is 16.5 Å². The molecule has 1 saturated heterocycles. The van der Waals surface area contributed by atoms with Gasteiger partial charge in [-0.2, -0.15) is 0 Å². The lowest BCUT2D eigenvalue weighted by Gasteiger charge is -2.36. The molecule has 0 spiro atoms. The third-order valence-electron chi connectivity index (χ3n) is 3.46. The van der Waals surface area contributed by atoms with Gasteiger partial charge in [0.1, 0.15) is 18.1 Å². The molecule has 0 radical (unpaired) electrons. The second kappa shape index (κ2) is 4.60. The van der Waals surface area contributed by atoms with Gasteiger partial charge in [-0.05, 0) is 43.5 Å². The molecule has 0 saturated carbocycles. The minimum atomic E-state index is -0.00691. The Morgan fingerprint density at radius 1 is 1.25 bits per heavy atom. The number of aliphatic hydroxyl groups is 1. The molecule has 2 heterocycles. The van der Waals surface area contributed by atoms with Crippen molar-refractivity contribution < 1.29 is 9.52 Å². The first-order valence-corrected chi connectivity index (χ1v) is 6.00. The highest BCUT2D eigenvalue weighted by Gasteiger charge is 2.25. The van der Waals surface area contributed by atoms with Crippen LogP contribution in [-0.4, -0.2) is 23.1 Å². The van der Waals surface area contributed by atoms with Gasteiger partial charge in [0.05, 0.1) is 6.54 Å². The first-order chi connectivity index (χ1) is 7.59. The summed E-state index contributed by atoms with van der Waals surface area (Å²) in [5, 5.41) is 8.92. The standard InChI is InChI=1S/C13H21NO2/c1-13(2)5-7-14(8-6-13)9-11-3-4-12(10-15)16-11/h3-4,15H,5-10H2,1-2H3. The molecule has 1 N–H and O–H groups in total. The van der Waals surface area contributed by atoms with Crippen LogP contribution in [0.5, 0.6) is 0 Å². The third-order valence-corrected chi connectivity index (χ3v) is 3.46. The minimum Gasteiger partial charge on any atom is -0.462 e. The summed E-state index contributed by atoms with van der Waals surface area (Å²) in [6.45, 7) is 7.82. The van der Waals surface area contributed by atoms with E-state index in [1.54, 1.807) is 0 Å². The lowest BCUT2D eigenvalue weighted by atomic mass is 9.83. The van der Waals surface area contributed by atoms with Crippen molar-refractivity contribution in [3.05, 3.63) is 23.7 Å². The second-order valence-corrected chi connectivity index (χ2v) is 5.47. The highest BCUT2D eigenvalue weighted by atomic mass is 16.4. The van der Waals surface area contributed by atoms with E-state index in [0.29, 0.717) is 11.2 Å². The van der Waals surface area contributed by atoms with Crippen molar-refractivity contribution in [2.75, 3.05) is 13.1 Å². The Morgan fingerprint density at radius 2 is 1.88 bits per heavy atom. The maximum absolute atomic E-state index is 8.92. The smallest absolute Gasteiger partial charge is 0.129 e. The molecule has 3 nitrogen and oxygen atoms in total. The highest BCUT2D eigenvalue weighted by molar-refractivity contribution is 5.06. The summed E-state index contributed by atoms with van der Waals surface area (Å²) in [6, 6.07) is 3.81. The lowest BCUT2D eigenvalue weighted by molar-refractivity contribution is 0.118. The van der Waals surface area contributed by atoms with Gasteiger partial charge in [0.15, 0.2) is 0 Å². The molecular weight excluding hydrogens is 202 g/mol. The maximum Gasteiger partial charge on any atom is 0.129 e. The maximum atomic E-state index is 8.92. The SMILES string of the molecule is CC1(C)CCN(Cc2ccc(CO)o2)CC1. The van der Waals surface area contributed by atoms with Gasteiger partial charge < -0.3 is 9.52 Å². The number of hydrogen-bond acceptors (Lipinski definition) is 3. The average Bonchev–Trinajstić information content (AvgIpc) is 2.69. The van der Waals surface area contributed by atoms with Gasteiger partial charge in [-0.1, -0.05) is 13.8 Å². The Kier molecular flexibility index (Phi) is 3.36. The van der Waals surface area contributed by atoms with E-state index in [0.717, 1.165) is 25.4 Å². The summed E-state index contributed by atoms with van der Waals surface area (Å²) in [5.74, 6) is 1.62. The van der Waals surface area contributed by atoms with Crippen molar-refractivity contribution in [3.63, 3.8) is 0 Å². The van der Waals surface area contributed by atoms with Crippen LogP contribution in [0.3, 0.4) is 0 Å². The molecule has 2 rings (SSSR count). The second-order valence-electron chi connectivity index (χ2n) is 5.47. The molecular formula is C13H21NO2. The summed E-state index contributed by atoms with van der Waals surface area (Å²) < 4.78 is 5.50. The first kappa shape index (κ1) is 11.7. The molecule has 3 heteroatoms. The minimum absolute atomic E-state index is 0.00691. The summed E-state index contributed by atoms with van der Waals surface area (Å²) >= 11 is 0. The number of nitrogens with zero attached hydrogens (tertiary/aromatic N) is 1. The predicted octanol–water partition coefficient (Wildman–Crippen LogP) is 2.39. The van der Waals surface area contributed by atoms with Gasteiger partial charge in [-0.25, -0.2) is 0 Å². The molecule has 1 aromatic heterocycles. The summed E-state index contributed by atoms with van der Waals surface area (Å²) in [4.78, 5) is 2.42. The van der Waals surface area contributed by atoms with Crippen LogP contribution in [0.4, 0.5) is 0 Å². The molecule has 1 aliphatic heterocycles. The van der Waals surface area contributed by atoms with Gasteiger partial charge in [0.2, 0.25) is 0 Å². The zero-order valence-electron chi connectivity index (χ0n) is 10.2. The molecule has 0 atom stereocenters. The molecule has 1 aromatic rings. The van der Waals surface area contributed by atoms with Crippen molar-refractivity contribution >= 4 is 0 Å². The highest BCUT2D eigenvalue weighted by Crippen LogP contribution is 2.30. The number of aliphatic hydroxyl groups excluding tert-OH is 1. The third kappa shape index (κ3) is 2.86. The molecule has 0 aromatic carbocycles. The van der Waals surface area contributed by atoms with E-state index in [1.165, 1.54) is 12.8 Å². The largest absolute Gasteiger partial charge is 0.462 e. The van der Waals surface area contributed by atoms with E-state index in [-0.39, 0.29) is 6.61 Å². The zero-order chi connectivity index (χ0) is 11.6. The summed E-state index contributed by atoms with van der Waals surface area (Å²) in [5.41, 5.74) is 0.496. The Labute approximate surface area is 97.1 Å². The van der Waals surface area contributed by atoms with Crippen molar-refractivity contribution in [1.82, 2.24) is 4.90 Å². The topological polar surface area (TPSA) is 36.6 Å². The van der Waals surface area contributed by atoms with Gasteiger partial charge >= 0.3 is 0 Å².